The van der Waals surface area contributed by atoms with Gasteiger partial charge in [-0.05, 0) is 37.6 Å². The van der Waals surface area contributed by atoms with E-state index in [1.54, 1.807) is 26.0 Å². The molecule has 0 amide bonds. The Morgan fingerprint density at radius 2 is 2.07 bits per heavy atom. The van der Waals surface area contributed by atoms with Crippen LogP contribution in [0.25, 0.3) is 0 Å². The van der Waals surface area contributed by atoms with Gasteiger partial charge >= 0.3 is 0 Å². The van der Waals surface area contributed by atoms with Crippen LogP contribution >= 0.6 is 0 Å². The first-order chi connectivity index (χ1) is 6.97. The molecule has 4 nitrogen and oxygen atoms in total. The topological polar surface area (TPSA) is 69.4 Å². The van der Waals surface area contributed by atoms with Crippen LogP contribution in [0.2, 0.25) is 0 Å². The molecule has 0 unspecified atom stereocenters. The van der Waals surface area contributed by atoms with E-state index < -0.39 is 9.84 Å². The monoisotopic (exact) mass is 229 g/mol. The van der Waals surface area contributed by atoms with Gasteiger partial charge in [-0.1, -0.05) is 0 Å². The molecule has 0 aliphatic carbocycles. The zero-order valence-corrected chi connectivity index (χ0v) is 9.67. The van der Waals surface area contributed by atoms with Gasteiger partial charge in [-0.15, -0.1) is 0 Å². The minimum Gasteiger partial charge on any atom is -0.399 e. The van der Waals surface area contributed by atoms with Gasteiger partial charge in [0.25, 0.3) is 0 Å². The number of hydrogen-bond acceptors (Lipinski definition) is 4. The van der Waals surface area contributed by atoms with Crippen LogP contribution in [0.4, 0.5) is 5.69 Å². The average molecular weight is 229 g/mol. The minimum absolute atomic E-state index is 0.283. The number of rotatable bonds is 4. The summed E-state index contributed by atoms with van der Waals surface area (Å²) in [5.74, 6) is -0.283. The van der Waals surface area contributed by atoms with E-state index in [1.165, 1.54) is 6.07 Å². The van der Waals surface area contributed by atoms with Crippen molar-refractivity contribution in [2.45, 2.75) is 18.7 Å². The number of aryl methyl sites for hydroxylation is 1. The maximum Gasteiger partial charge on any atom is 0.202 e. The van der Waals surface area contributed by atoms with E-state index in [0.29, 0.717) is 17.9 Å². The van der Waals surface area contributed by atoms with E-state index in [9.17, 15) is 8.42 Å². The molecule has 1 rings (SSSR count). The third-order valence-corrected chi connectivity index (χ3v) is 3.58. The number of ether oxygens (including phenoxy) is 1. The summed E-state index contributed by atoms with van der Waals surface area (Å²) >= 11 is 0. The van der Waals surface area contributed by atoms with Crippen molar-refractivity contribution in [3.8, 4) is 0 Å². The quantitative estimate of drug-likeness (QED) is 0.791. The van der Waals surface area contributed by atoms with E-state index in [0.717, 1.165) is 0 Å². The Hall–Kier alpha value is -1.07. The SMILES string of the molecule is CCOCS(=O)(=O)c1ccc(N)cc1C. The van der Waals surface area contributed by atoms with E-state index >= 15 is 0 Å². The normalized spacial score (nSPS) is 11.6. The number of nitrogen functional groups attached to an aromatic ring is 1. The Bertz CT molecular complexity index is 440. The van der Waals surface area contributed by atoms with Gasteiger partial charge in [-0.2, -0.15) is 0 Å². The lowest BCUT2D eigenvalue weighted by molar-refractivity contribution is 0.192. The fourth-order valence-corrected chi connectivity index (χ4v) is 2.62. The molecule has 2 N–H and O–H groups in total. The zero-order valence-electron chi connectivity index (χ0n) is 8.86. The molecule has 84 valence electrons. The predicted octanol–water partition coefficient (Wildman–Crippen LogP) is 1.34. The zero-order chi connectivity index (χ0) is 11.5. The van der Waals surface area contributed by atoms with Crippen molar-refractivity contribution in [2.75, 3.05) is 18.3 Å². The third kappa shape index (κ3) is 2.94. The maximum atomic E-state index is 11.8. The molecule has 5 heteroatoms. The first-order valence-electron chi connectivity index (χ1n) is 4.64. The molecule has 0 saturated carbocycles. The van der Waals surface area contributed by atoms with Crippen molar-refractivity contribution >= 4 is 15.5 Å². The maximum absolute atomic E-state index is 11.8. The first-order valence-corrected chi connectivity index (χ1v) is 6.29. The summed E-state index contributed by atoms with van der Waals surface area (Å²) in [6, 6.07) is 4.73. The van der Waals surface area contributed by atoms with Crippen molar-refractivity contribution in [3.63, 3.8) is 0 Å². The van der Waals surface area contributed by atoms with Gasteiger partial charge in [0.15, 0.2) is 5.94 Å². The molecule has 0 aromatic heterocycles. The van der Waals surface area contributed by atoms with Crippen LogP contribution in [-0.4, -0.2) is 21.0 Å². The van der Waals surface area contributed by atoms with Crippen LogP contribution in [0.15, 0.2) is 23.1 Å². The third-order valence-electron chi connectivity index (χ3n) is 1.98. The lowest BCUT2D eigenvalue weighted by atomic mass is 10.2. The highest BCUT2D eigenvalue weighted by Gasteiger charge is 2.16. The van der Waals surface area contributed by atoms with E-state index in [1.807, 2.05) is 0 Å². The largest absolute Gasteiger partial charge is 0.399 e. The van der Waals surface area contributed by atoms with Crippen LogP contribution in [0.5, 0.6) is 0 Å². The second-order valence-corrected chi connectivity index (χ2v) is 5.16. The molecular weight excluding hydrogens is 214 g/mol. The molecule has 0 fully saturated rings. The van der Waals surface area contributed by atoms with Gasteiger partial charge in [0, 0.05) is 12.3 Å². The van der Waals surface area contributed by atoms with Crippen LogP contribution in [0, 0.1) is 6.92 Å². The fourth-order valence-electron chi connectivity index (χ4n) is 1.28. The Labute approximate surface area is 90.0 Å². The molecule has 0 heterocycles. The number of benzene rings is 1. The lowest BCUT2D eigenvalue weighted by Crippen LogP contribution is -2.11. The van der Waals surface area contributed by atoms with Gasteiger partial charge in [0.05, 0.1) is 4.90 Å². The van der Waals surface area contributed by atoms with E-state index in [2.05, 4.69) is 0 Å². The summed E-state index contributed by atoms with van der Waals surface area (Å²) < 4.78 is 28.4. The van der Waals surface area contributed by atoms with Gasteiger partial charge in [-0.25, -0.2) is 8.42 Å². The summed E-state index contributed by atoms with van der Waals surface area (Å²) in [4.78, 5) is 0.283. The Balaban J connectivity index is 3.05. The standard InChI is InChI=1S/C10H15NO3S/c1-3-14-7-15(12,13)10-5-4-9(11)6-8(10)2/h4-6H,3,7,11H2,1-2H3. The molecule has 15 heavy (non-hydrogen) atoms. The van der Waals surface area contributed by atoms with E-state index in [4.69, 9.17) is 10.5 Å². The number of hydrogen-bond donors (Lipinski definition) is 1. The summed E-state index contributed by atoms with van der Waals surface area (Å²) in [5.41, 5.74) is 6.75. The summed E-state index contributed by atoms with van der Waals surface area (Å²) in [5, 5.41) is 0. The number of anilines is 1. The Morgan fingerprint density at radius 3 is 2.60 bits per heavy atom. The molecular formula is C10H15NO3S. The van der Waals surface area contributed by atoms with Crippen molar-refractivity contribution < 1.29 is 13.2 Å². The Kier molecular flexibility index (Phi) is 3.71. The summed E-state index contributed by atoms with van der Waals surface area (Å²) in [6.07, 6.45) is 0. The van der Waals surface area contributed by atoms with E-state index in [-0.39, 0.29) is 10.8 Å². The molecule has 0 atom stereocenters. The predicted molar refractivity (Wildman–Crippen MR) is 59.3 cm³/mol. The number of nitrogens with two attached hydrogens (primary N) is 1. The molecule has 0 aliphatic heterocycles. The first kappa shape index (κ1) is 12.0. The summed E-state index contributed by atoms with van der Waals surface area (Å²) in [6.45, 7) is 3.85. The molecule has 0 bridgehead atoms. The second-order valence-electron chi connectivity index (χ2n) is 3.25. The van der Waals surface area contributed by atoms with Gasteiger partial charge in [-0.3, -0.25) is 0 Å². The number of sulfone groups is 1. The molecule has 1 aromatic carbocycles. The van der Waals surface area contributed by atoms with Gasteiger partial charge in [0.1, 0.15) is 0 Å². The van der Waals surface area contributed by atoms with Gasteiger partial charge < -0.3 is 10.5 Å². The molecule has 0 radical (unpaired) electrons. The van der Waals surface area contributed by atoms with Crippen molar-refractivity contribution in [2.24, 2.45) is 0 Å². The molecule has 0 saturated heterocycles. The Morgan fingerprint density at radius 1 is 1.40 bits per heavy atom. The summed E-state index contributed by atoms with van der Waals surface area (Å²) in [7, 11) is -3.35. The van der Waals surface area contributed by atoms with Crippen molar-refractivity contribution in [1.29, 1.82) is 0 Å². The lowest BCUT2D eigenvalue weighted by Gasteiger charge is -2.08. The molecule has 1 aromatic rings. The molecule has 0 spiro atoms. The van der Waals surface area contributed by atoms with Crippen LogP contribution in [0.1, 0.15) is 12.5 Å². The van der Waals surface area contributed by atoms with Crippen molar-refractivity contribution in [1.82, 2.24) is 0 Å². The average Bonchev–Trinajstić information content (AvgIpc) is 2.14. The van der Waals surface area contributed by atoms with Crippen LogP contribution in [0.3, 0.4) is 0 Å². The second kappa shape index (κ2) is 4.63. The smallest absolute Gasteiger partial charge is 0.202 e. The van der Waals surface area contributed by atoms with Crippen molar-refractivity contribution in [3.05, 3.63) is 23.8 Å². The minimum atomic E-state index is -3.35. The van der Waals surface area contributed by atoms with Gasteiger partial charge in [0.2, 0.25) is 9.84 Å². The highest BCUT2D eigenvalue weighted by Crippen LogP contribution is 2.19. The highest BCUT2D eigenvalue weighted by atomic mass is 32.2. The fraction of sp³-hybridized carbons (Fsp3) is 0.400. The van der Waals surface area contributed by atoms with Crippen LogP contribution < -0.4 is 5.73 Å². The van der Waals surface area contributed by atoms with Crippen LogP contribution in [-0.2, 0) is 14.6 Å². The molecule has 0 aliphatic rings. The highest BCUT2D eigenvalue weighted by molar-refractivity contribution is 7.91.